The molecule has 1 amide bonds. The first kappa shape index (κ1) is 22.7. The number of nitrogens with one attached hydrogen (secondary N) is 1. The summed E-state index contributed by atoms with van der Waals surface area (Å²) in [6.45, 7) is 0.261. The molecule has 3 rings (SSSR count). The van der Waals surface area contributed by atoms with Crippen molar-refractivity contribution in [3.8, 4) is 5.75 Å². The van der Waals surface area contributed by atoms with E-state index < -0.39 is 23.4 Å². The smallest absolute Gasteiger partial charge is 0.419 e. The van der Waals surface area contributed by atoms with Crippen LogP contribution >= 0.6 is 11.6 Å². The number of alkyl halides is 3. The number of carbonyl (C=O) groups excluding carboxylic acids is 1. The van der Waals surface area contributed by atoms with Crippen molar-refractivity contribution in [1.29, 1.82) is 0 Å². The van der Waals surface area contributed by atoms with Crippen LogP contribution in [0.5, 0.6) is 5.75 Å². The second kappa shape index (κ2) is 9.44. The Kier molecular flexibility index (Phi) is 6.91. The van der Waals surface area contributed by atoms with Crippen LogP contribution in [0.3, 0.4) is 0 Å². The van der Waals surface area contributed by atoms with Crippen molar-refractivity contribution in [2.45, 2.75) is 19.1 Å². The number of rotatable bonds is 8. The first-order chi connectivity index (χ1) is 14.7. The molecule has 0 aliphatic heterocycles. The minimum absolute atomic E-state index is 0.0435. The number of aryl methyl sites for hydroxylation is 1. The Morgan fingerprint density at radius 3 is 2.68 bits per heavy atom. The third-order valence-corrected chi connectivity index (χ3v) is 4.55. The molecule has 1 N–H and O–H groups in total. The third-order valence-electron chi connectivity index (χ3n) is 4.32. The Morgan fingerprint density at radius 1 is 1.19 bits per heavy atom. The number of oxazole rings is 1. The van der Waals surface area contributed by atoms with Crippen molar-refractivity contribution in [3.63, 3.8) is 0 Å². The second-order valence-electron chi connectivity index (χ2n) is 6.48. The maximum Gasteiger partial charge on any atom is 0.419 e. The molecule has 0 saturated carbocycles. The number of ether oxygens (including phenoxy) is 2. The van der Waals surface area contributed by atoms with Gasteiger partial charge in [-0.1, -0.05) is 11.6 Å². The summed E-state index contributed by atoms with van der Waals surface area (Å²) >= 11 is 5.87. The fourth-order valence-electron chi connectivity index (χ4n) is 2.84. The fourth-order valence-corrected chi connectivity index (χ4v) is 3.00. The van der Waals surface area contributed by atoms with E-state index in [0.717, 1.165) is 18.2 Å². The van der Waals surface area contributed by atoms with Gasteiger partial charge in [-0.15, -0.1) is 0 Å². The van der Waals surface area contributed by atoms with E-state index in [4.69, 9.17) is 25.5 Å². The number of anilines is 1. The average molecular weight is 459 g/mol. The zero-order chi connectivity index (χ0) is 22.6. The molecule has 0 spiro atoms. The zero-order valence-electron chi connectivity index (χ0n) is 16.3. The van der Waals surface area contributed by atoms with Gasteiger partial charge in [0.1, 0.15) is 12.4 Å². The Balaban J connectivity index is 1.76. The molecule has 0 aliphatic rings. The molecule has 0 saturated heterocycles. The van der Waals surface area contributed by atoms with Gasteiger partial charge in [-0.25, -0.2) is 4.79 Å². The molecule has 0 radical (unpaired) electrons. The van der Waals surface area contributed by atoms with Gasteiger partial charge in [-0.3, -0.25) is 9.36 Å². The molecular formula is C20H18ClF3N2O5. The van der Waals surface area contributed by atoms with Crippen molar-refractivity contribution >= 4 is 34.3 Å². The summed E-state index contributed by atoms with van der Waals surface area (Å²) in [5.74, 6) is -1.21. The first-order valence-corrected chi connectivity index (χ1v) is 9.48. The highest BCUT2D eigenvalue weighted by molar-refractivity contribution is 6.31. The van der Waals surface area contributed by atoms with Gasteiger partial charge in [0.15, 0.2) is 5.58 Å². The normalized spacial score (nSPS) is 11.6. The van der Waals surface area contributed by atoms with Crippen LogP contribution in [0.1, 0.15) is 12.0 Å². The SMILES string of the molecule is COCCOc1ccc(C(F)(F)F)cc1NC(=O)CCn1c(=O)oc2cc(Cl)ccc21. The van der Waals surface area contributed by atoms with Crippen molar-refractivity contribution in [2.75, 3.05) is 25.6 Å². The number of halogens is 4. The van der Waals surface area contributed by atoms with Crippen LogP contribution in [0.4, 0.5) is 18.9 Å². The number of hydrogen-bond acceptors (Lipinski definition) is 5. The summed E-state index contributed by atoms with van der Waals surface area (Å²) in [7, 11) is 1.45. The molecule has 7 nitrogen and oxygen atoms in total. The molecule has 2 aromatic carbocycles. The summed E-state index contributed by atoms with van der Waals surface area (Å²) in [4.78, 5) is 24.5. The van der Waals surface area contributed by atoms with E-state index in [1.165, 1.54) is 17.7 Å². The van der Waals surface area contributed by atoms with E-state index in [0.29, 0.717) is 10.5 Å². The number of carbonyl (C=O) groups is 1. The van der Waals surface area contributed by atoms with E-state index in [2.05, 4.69) is 5.32 Å². The molecule has 0 fully saturated rings. The van der Waals surface area contributed by atoms with Crippen LogP contribution in [0.15, 0.2) is 45.6 Å². The molecule has 1 heterocycles. The lowest BCUT2D eigenvalue weighted by molar-refractivity contribution is -0.137. The second-order valence-corrected chi connectivity index (χ2v) is 6.92. The minimum atomic E-state index is -4.59. The predicted octanol–water partition coefficient (Wildman–Crippen LogP) is 4.32. The average Bonchev–Trinajstić information content (AvgIpc) is 3.00. The van der Waals surface area contributed by atoms with Gasteiger partial charge >= 0.3 is 11.9 Å². The van der Waals surface area contributed by atoms with Crippen molar-refractivity contribution in [1.82, 2.24) is 4.57 Å². The quantitative estimate of drug-likeness (QED) is 0.508. The van der Waals surface area contributed by atoms with Crippen LogP contribution in [-0.4, -0.2) is 30.8 Å². The number of methoxy groups -OCH3 is 1. The Bertz CT molecular complexity index is 1140. The summed E-state index contributed by atoms with van der Waals surface area (Å²) in [6.07, 6.45) is -4.78. The number of benzene rings is 2. The van der Waals surface area contributed by atoms with Crippen LogP contribution in [0, 0.1) is 0 Å². The van der Waals surface area contributed by atoms with E-state index in [1.54, 1.807) is 12.1 Å². The lowest BCUT2D eigenvalue weighted by atomic mass is 10.1. The van der Waals surface area contributed by atoms with Crippen LogP contribution in [0.25, 0.3) is 11.1 Å². The highest BCUT2D eigenvalue weighted by atomic mass is 35.5. The molecule has 11 heteroatoms. The van der Waals surface area contributed by atoms with Gasteiger partial charge < -0.3 is 19.2 Å². The van der Waals surface area contributed by atoms with Crippen LogP contribution in [-0.2, 0) is 22.3 Å². The topological polar surface area (TPSA) is 82.7 Å². The molecule has 166 valence electrons. The monoisotopic (exact) mass is 458 g/mol. The number of amides is 1. The van der Waals surface area contributed by atoms with Gasteiger partial charge in [0.25, 0.3) is 0 Å². The Labute approximate surface area is 179 Å². The molecular weight excluding hydrogens is 441 g/mol. The predicted molar refractivity (Wildman–Crippen MR) is 108 cm³/mol. The molecule has 31 heavy (non-hydrogen) atoms. The summed E-state index contributed by atoms with van der Waals surface area (Å²) in [5, 5.41) is 2.80. The fraction of sp³-hybridized carbons (Fsp3) is 0.300. The van der Waals surface area contributed by atoms with E-state index in [9.17, 15) is 22.8 Å². The highest BCUT2D eigenvalue weighted by Gasteiger charge is 2.31. The number of aromatic nitrogens is 1. The van der Waals surface area contributed by atoms with E-state index in [-0.39, 0.29) is 43.2 Å². The Hall–Kier alpha value is -2.98. The largest absolute Gasteiger partial charge is 0.489 e. The highest BCUT2D eigenvalue weighted by Crippen LogP contribution is 2.35. The number of hydrogen-bond donors (Lipinski definition) is 1. The first-order valence-electron chi connectivity index (χ1n) is 9.11. The van der Waals surface area contributed by atoms with Gasteiger partial charge in [0.05, 0.1) is 23.4 Å². The summed E-state index contributed by atoms with van der Waals surface area (Å²) in [5.41, 5.74) is -0.350. The molecule has 0 unspecified atom stereocenters. The minimum Gasteiger partial charge on any atom is -0.489 e. The van der Waals surface area contributed by atoms with Crippen molar-refractivity contribution in [2.24, 2.45) is 0 Å². The van der Waals surface area contributed by atoms with Gasteiger partial charge in [-0.05, 0) is 30.3 Å². The zero-order valence-corrected chi connectivity index (χ0v) is 17.0. The lowest BCUT2D eigenvalue weighted by Gasteiger charge is -2.15. The number of nitrogens with zero attached hydrogens (tertiary/aromatic N) is 1. The maximum atomic E-state index is 13.1. The standard InChI is InChI=1S/C20H18ClF3N2O5/c1-29-8-9-30-16-5-2-12(20(22,23)24)10-14(16)25-18(27)6-7-26-15-4-3-13(21)11-17(15)31-19(26)28/h2-5,10-11H,6-9H2,1H3,(H,25,27). The van der Waals surface area contributed by atoms with Gasteiger partial charge in [-0.2, -0.15) is 13.2 Å². The van der Waals surface area contributed by atoms with Crippen molar-refractivity contribution < 1.29 is 31.9 Å². The summed E-state index contributed by atoms with van der Waals surface area (Å²) in [6, 6.07) is 7.41. The Morgan fingerprint density at radius 2 is 1.97 bits per heavy atom. The third kappa shape index (κ3) is 5.59. The van der Waals surface area contributed by atoms with E-state index in [1.807, 2.05) is 0 Å². The molecule has 0 atom stereocenters. The van der Waals surface area contributed by atoms with Gasteiger partial charge in [0.2, 0.25) is 5.91 Å². The van der Waals surface area contributed by atoms with Crippen LogP contribution < -0.4 is 15.8 Å². The molecule has 3 aromatic rings. The van der Waals surface area contributed by atoms with Crippen molar-refractivity contribution in [3.05, 3.63) is 57.5 Å². The molecule has 1 aromatic heterocycles. The summed E-state index contributed by atoms with van der Waals surface area (Å²) < 4.78 is 55.8. The van der Waals surface area contributed by atoms with Crippen LogP contribution in [0.2, 0.25) is 5.02 Å². The molecule has 0 aliphatic carbocycles. The number of fused-ring (bicyclic) bond motifs is 1. The molecule has 0 bridgehead atoms. The maximum absolute atomic E-state index is 13.1. The van der Waals surface area contributed by atoms with E-state index >= 15 is 0 Å². The lowest BCUT2D eigenvalue weighted by Crippen LogP contribution is -2.20. The van der Waals surface area contributed by atoms with Gasteiger partial charge in [0, 0.05) is 31.2 Å².